The lowest BCUT2D eigenvalue weighted by molar-refractivity contribution is 1.12. The molecule has 76 valence electrons. The van der Waals surface area contributed by atoms with Crippen LogP contribution in [0.1, 0.15) is 17.0 Å². The van der Waals surface area contributed by atoms with Crippen molar-refractivity contribution in [1.29, 1.82) is 0 Å². The van der Waals surface area contributed by atoms with Gasteiger partial charge in [0.05, 0.1) is 0 Å². The Morgan fingerprint density at radius 2 is 1.73 bits per heavy atom. The van der Waals surface area contributed by atoms with Crippen LogP contribution >= 0.6 is 0 Å². The average Bonchev–Trinajstić information content (AvgIpc) is 2.20. The number of aryl methyl sites for hydroxylation is 3. The van der Waals surface area contributed by atoms with Crippen LogP contribution in [0, 0.1) is 20.8 Å². The molecule has 0 spiro atoms. The van der Waals surface area contributed by atoms with E-state index in [0.29, 0.717) is 0 Å². The van der Waals surface area contributed by atoms with Gasteiger partial charge in [-0.25, -0.2) is 0 Å². The van der Waals surface area contributed by atoms with Crippen molar-refractivity contribution in [2.75, 3.05) is 0 Å². The molecule has 0 fully saturated rings. The first-order valence-corrected chi connectivity index (χ1v) is 5.03. The molecule has 0 amide bonds. The Morgan fingerprint density at radius 3 is 2.40 bits per heavy atom. The van der Waals surface area contributed by atoms with Gasteiger partial charge in [-0.2, -0.15) is 0 Å². The van der Waals surface area contributed by atoms with Gasteiger partial charge in [0, 0.05) is 34.9 Å². The zero-order valence-corrected chi connectivity index (χ0v) is 9.28. The van der Waals surface area contributed by atoms with Gasteiger partial charge in [0.2, 0.25) is 0 Å². The van der Waals surface area contributed by atoms with Crippen molar-refractivity contribution in [3.05, 3.63) is 47.5 Å². The molecule has 2 aromatic rings. The third-order valence-electron chi connectivity index (χ3n) is 2.55. The number of rotatable bonds is 1. The lowest BCUT2D eigenvalue weighted by atomic mass is 10.0. The minimum absolute atomic E-state index is 1.05. The summed E-state index contributed by atoms with van der Waals surface area (Å²) in [7, 11) is 0. The maximum Gasteiger partial charge on any atom is 0.0454 e. The highest BCUT2D eigenvalue weighted by molar-refractivity contribution is 5.68. The van der Waals surface area contributed by atoms with E-state index in [2.05, 4.69) is 23.0 Å². The Labute approximate surface area is 90.0 Å². The van der Waals surface area contributed by atoms with Crippen LogP contribution in [0.15, 0.2) is 30.6 Å². The van der Waals surface area contributed by atoms with Crippen LogP contribution in [0.4, 0.5) is 0 Å². The molecular formula is C13H14N2. The van der Waals surface area contributed by atoms with E-state index < -0.39 is 0 Å². The standard InChI is InChI=1S/C13H14N2/c1-9-6-7-14-8-13(9)12-5-4-10(2)15-11(12)3/h4-8H,1-3H3. The second-order valence-corrected chi connectivity index (χ2v) is 3.78. The molecule has 2 nitrogen and oxygen atoms in total. The molecule has 2 rings (SSSR count). The summed E-state index contributed by atoms with van der Waals surface area (Å²) in [4.78, 5) is 8.62. The fraction of sp³-hybridized carbons (Fsp3) is 0.231. The van der Waals surface area contributed by atoms with Gasteiger partial charge in [-0.1, -0.05) is 6.07 Å². The van der Waals surface area contributed by atoms with Crippen molar-refractivity contribution in [3.63, 3.8) is 0 Å². The summed E-state index contributed by atoms with van der Waals surface area (Å²) in [5.74, 6) is 0. The molecule has 0 atom stereocenters. The Kier molecular flexibility index (Phi) is 2.50. The summed E-state index contributed by atoms with van der Waals surface area (Å²) in [6, 6.07) is 6.17. The Balaban J connectivity index is 2.60. The largest absolute Gasteiger partial charge is 0.264 e. The van der Waals surface area contributed by atoms with Crippen molar-refractivity contribution < 1.29 is 0 Å². The first kappa shape index (κ1) is 9.84. The number of nitrogens with zero attached hydrogens (tertiary/aromatic N) is 2. The van der Waals surface area contributed by atoms with Crippen LogP contribution in [-0.2, 0) is 0 Å². The topological polar surface area (TPSA) is 25.8 Å². The lowest BCUT2D eigenvalue weighted by Crippen LogP contribution is -1.92. The van der Waals surface area contributed by atoms with Crippen molar-refractivity contribution in [3.8, 4) is 11.1 Å². The minimum atomic E-state index is 1.05. The molecule has 0 aliphatic heterocycles. The van der Waals surface area contributed by atoms with Crippen LogP contribution in [0.5, 0.6) is 0 Å². The zero-order chi connectivity index (χ0) is 10.8. The summed E-state index contributed by atoms with van der Waals surface area (Å²) >= 11 is 0. The monoisotopic (exact) mass is 198 g/mol. The van der Waals surface area contributed by atoms with Crippen molar-refractivity contribution in [2.45, 2.75) is 20.8 Å². The molecule has 0 saturated carbocycles. The third kappa shape index (κ3) is 1.89. The summed E-state index contributed by atoms with van der Waals surface area (Å²) in [5, 5.41) is 0. The minimum Gasteiger partial charge on any atom is -0.264 e. The van der Waals surface area contributed by atoms with E-state index in [1.165, 1.54) is 16.7 Å². The van der Waals surface area contributed by atoms with Gasteiger partial charge in [-0.05, 0) is 38.5 Å². The van der Waals surface area contributed by atoms with Crippen LogP contribution in [0.25, 0.3) is 11.1 Å². The predicted octanol–water partition coefficient (Wildman–Crippen LogP) is 3.07. The molecule has 15 heavy (non-hydrogen) atoms. The van der Waals surface area contributed by atoms with E-state index in [1.54, 1.807) is 0 Å². The summed E-state index contributed by atoms with van der Waals surface area (Å²) in [6.07, 6.45) is 3.71. The van der Waals surface area contributed by atoms with Gasteiger partial charge < -0.3 is 0 Å². The number of pyridine rings is 2. The quantitative estimate of drug-likeness (QED) is 0.703. The second kappa shape index (κ2) is 3.81. The molecule has 0 aliphatic carbocycles. The van der Waals surface area contributed by atoms with Gasteiger partial charge >= 0.3 is 0 Å². The molecule has 0 bridgehead atoms. The maximum absolute atomic E-state index is 4.46. The molecular weight excluding hydrogens is 184 g/mol. The normalized spacial score (nSPS) is 10.3. The zero-order valence-electron chi connectivity index (χ0n) is 9.28. The first-order valence-electron chi connectivity index (χ1n) is 5.03. The number of aromatic nitrogens is 2. The van der Waals surface area contributed by atoms with Gasteiger partial charge in [0.15, 0.2) is 0 Å². The van der Waals surface area contributed by atoms with Crippen LogP contribution in [0.3, 0.4) is 0 Å². The molecule has 2 heteroatoms. The molecule has 0 aliphatic rings. The molecule has 2 heterocycles. The summed E-state index contributed by atoms with van der Waals surface area (Å²) < 4.78 is 0. The average molecular weight is 198 g/mol. The maximum atomic E-state index is 4.46. The second-order valence-electron chi connectivity index (χ2n) is 3.78. The molecule has 0 aromatic carbocycles. The Morgan fingerprint density at radius 1 is 0.933 bits per heavy atom. The van der Waals surface area contributed by atoms with Gasteiger partial charge in [0.1, 0.15) is 0 Å². The van der Waals surface area contributed by atoms with Crippen LogP contribution in [-0.4, -0.2) is 9.97 Å². The van der Waals surface area contributed by atoms with Crippen LogP contribution in [0.2, 0.25) is 0 Å². The summed E-state index contributed by atoms with van der Waals surface area (Å²) in [5.41, 5.74) is 5.69. The molecule has 0 radical (unpaired) electrons. The Hall–Kier alpha value is -1.70. The predicted molar refractivity (Wildman–Crippen MR) is 61.7 cm³/mol. The molecule has 0 saturated heterocycles. The van der Waals surface area contributed by atoms with E-state index in [9.17, 15) is 0 Å². The highest BCUT2D eigenvalue weighted by atomic mass is 14.7. The summed E-state index contributed by atoms with van der Waals surface area (Å²) in [6.45, 7) is 6.14. The highest BCUT2D eigenvalue weighted by Gasteiger charge is 2.05. The van der Waals surface area contributed by atoms with Gasteiger partial charge in [0.25, 0.3) is 0 Å². The molecule has 2 aromatic heterocycles. The highest BCUT2D eigenvalue weighted by Crippen LogP contribution is 2.24. The van der Waals surface area contributed by atoms with Crippen molar-refractivity contribution >= 4 is 0 Å². The van der Waals surface area contributed by atoms with E-state index in [4.69, 9.17) is 0 Å². The third-order valence-corrected chi connectivity index (χ3v) is 2.55. The smallest absolute Gasteiger partial charge is 0.0454 e. The molecule has 0 N–H and O–H groups in total. The fourth-order valence-corrected chi connectivity index (χ4v) is 1.72. The van der Waals surface area contributed by atoms with E-state index in [0.717, 1.165) is 11.4 Å². The van der Waals surface area contributed by atoms with Crippen molar-refractivity contribution in [1.82, 2.24) is 9.97 Å². The SMILES string of the molecule is Cc1ccc(-c2cnccc2C)c(C)n1. The number of hydrogen-bond acceptors (Lipinski definition) is 2. The van der Waals surface area contributed by atoms with E-state index in [1.807, 2.05) is 38.4 Å². The van der Waals surface area contributed by atoms with Crippen molar-refractivity contribution in [2.24, 2.45) is 0 Å². The number of hydrogen-bond donors (Lipinski definition) is 0. The van der Waals surface area contributed by atoms with Gasteiger partial charge in [-0.3, -0.25) is 9.97 Å². The van der Waals surface area contributed by atoms with Crippen LogP contribution < -0.4 is 0 Å². The fourth-order valence-electron chi connectivity index (χ4n) is 1.72. The van der Waals surface area contributed by atoms with E-state index >= 15 is 0 Å². The molecule has 0 unspecified atom stereocenters. The Bertz CT molecular complexity index is 490. The van der Waals surface area contributed by atoms with E-state index in [-0.39, 0.29) is 0 Å². The lowest BCUT2D eigenvalue weighted by Gasteiger charge is -2.08. The first-order chi connectivity index (χ1) is 7.18. The van der Waals surface area contributed by atoms with Gasteiger partial charge in [-0.15, -0.1) is 0 Å².